The number of hydrogen-bond donors (Lipinski definition) is 1. The Morgan fingerprint density at radius 3 is 2.36 bits per heavy atom. The van der Waals surface area contributed by atoms with Crippen molar-refractivity contribution < 1.29 is 27.4 Å². The van der Waals surface area contributed by atoms with Gasteiger partial charge in [0, 0.05) is 17.7 Å². The van der Waals surface area contributed by atoms with Gasteiger partial charge in [-0.25, -0.2) is 18.2 Å². The fourth-order valence-corrected chi connectivity index (χ4v) is 5.10. The van der Waals surface area contributed by atoms with Crippen LogP contribution in [0.1, 0.15) is 28.5 Å². The molecule has 1 atom stereocenters. The predicted molar refractivity (Wildman–Crippen MR) is 132 cm³/mol. The lowest BCUT2D eigenvalue weighted by Gasteiger charge is -2.19. The number of pyridine rings is 2. The second kappa shape index (κ2) is 10.00. The average molecular weight is 511 g/mol. The van der Waals surface area contributed by atoms with Crippen molar-refractivity contribution in [2.75, 3.05) is 13.7 Å². The molecule has 0 aliphatic heterocycles. The molecule has 0 saturated heterocycles. The van der Waals surface area contributed by atoms with Crippen LogP contribution in [0.5, 0.6) is 0 Å². The van der Waals surface area contributed by atoms with Crippen molar-refractivity contribution >= 4 is 26.8 Å². The minimum Gasteiger partial charge on any atom is -0.464 e. The summed E-state index contributed by atoms with van der Waals surface area (Å²) in [6.07, 6.45) is -0.0285. The molecule has 10 heteroatoms. The molecule has 0 fully saturated rings. The van der Waals surface area contributed by atoms with Crippen LogP contribution >= 0.6 is 0 Å². The molecule has 1 unspecified atom stereocenters. The highest BCUT2D eigenvalue weighted by Crippen LogP contribution is 2.24. The maximum Gasteiger partial charge on any atom is 0.355 e. The number of sulfone groups is 1. The molecule has 2 heterocycles. The van der Waals surface area contributed by atoms with Crippen molar-refractivity contribution in [2.24, 2.45) is 0 Å². The first-order valence-corrected chi connectivity index (χ1v) is 12.5. The number of rotatable bonds is 7. The summed E-state index contributed by atoms with van der Waals surface area (Å²) in [5.74, 6) is -1.63. The molecule has 0 aliphatic rings. The van der Waals surface area contributed by atoms with Crippen LogP contribution in [0.3, 0.4) is 0 Å². The largest absolute Gasteiger partial charge is 0.464 e. The molecule has 2 aromatic carbocycles. The van der Waals surface area contributed by atoms with E-state index in [4.69, 9.17) is 4.74 Å². The number of aromatic nitrogens is 2. The van der Waals surface area contributed by atoms with Crippen LogP contribution in [-0.2, 0) is 21.0 Å². The van der Waals surface area contributed by atoms with E-state index >= 15 is 0 Å². The Labute approximate surface area is 206 Å². The molecule has 2 aromatic heterocycles. The van der Waals surface area contributed by atoms with E-state index < -0.39 is 39.0 Å². The molecular formula is C26H23FN2O6S. The van der Waals surface area contributed by atoms with Crippen LogP contribution in [0.2, 0.25) is 0 Å². The van der Waals surface area contributed by atoms with Crippen LogP contribution in [0.15, 0.2) is 76.4 Å². The lowest BCUT2D eigenvalue weighted by atomic mass is 10.0. The third-order valence-electron chi connectivity index (χ3n) is 5.89. The Morgan fingerprint density at radius 2 is 1.75 bits per heavy atom. The molecule has 0 aliphatic carbocycles. The summed E-state index contributed by atoms with van der Waals surface area (Å²) in [5.41, 5.74) is 0.463. The van der Waals surface area contributed by atoms with E-state index in [9.17, 15) is 27.5 Å². The molecule has 4 aromatic rings. The number of para-hydroxylation sites is 1. The van der Waals surface area contributed by atoms with Gasteiger partial charge in [-0.15, -0.1) is 0 Å². The van der Waals surface area contributed by atoms with Crippen molar-refractivity contribution in [3.05, 3.63) is 99.7 Å². The number of nitrogens with zero attached hydrogens (tertiary/aromatic N) is 2. The minimum absolute atomic E-state index is 0.0285. The smallest absolute Gasteiger partial charge is 0.355 e. The highest BCUT2D eigenvalue weighted by molar-refractivity contribution is 7.92. The van der Waals surface area contributed by atoms with Crippen molar-refractivity contribution in [3.8, 4) is 5.69 Å². The summed E-state index contributed by atoms with van der Waals surface area (Å²) >= 11 is 0. The number of aliphatic hydroxyl groups is 1. The molecule has 0 radical (unpaired) electrons. The number of carbonyl (C=O) groups is 1. The molecular weight excluding hydrogens is 487 g/mol. The maximum atomic E-state index is 14.1. The van der Waals surface area contributed by atoms with Crippen LogP contribution in [0, 0.1) is 5.95 Å². The van der Waals surface area contributed by atoms with Gasteiger partial charge >= 0.3 is 5.97 Å². The van der Waals surface area contributed by atoms with Crippen LogP contribution in [0.4, 0.5) is 4.39 Å². The molecule has 0 amide bonds. The van der Waals surface area contributed by atoms with Gasteiger partial charge in [0.1, 0.15) is 5.69 Å². The molecule has 8 nitrogen and oxygen atoms in total. The first-order chi connectivity index (χ1) is 17.2. The molecule has 186 valence electrons. The van der Waals surface area contributed by atoms with E-state index in [0.717, 1.165) is 6.07 Å². The van der Waals surface area contributed by atoms with Gasteiger partial charge < -0.3 is 9.84 Å². The van der Waals surface area contributed by atoms with Gasteiger partial charge in [-0.3, -0.25) is 9.36 Å². The summed E-state index contributed by atoms with van der Waals surface area (Å²) in [5, 5.41) is 8.39. The van der Waals surface area contributed by atoms with Gasteiger partial charge in [-0.05, 0) is 48.9 Å². The predicted octanol–water partition coefficient (Wildman–Crippen LogP) is 3.06. The fourth-order valence-electron chi connectivity index (χ4n) is 3.92. The summed E-state index contributed by atoms with van der Waals surface area (Å²) in [7, 11) is -2.54. The fraction of sp³-hybridized carbons (Fsp3) is 0.192. The summed E-state index contributed by atoms with van der Waals surface area (Å²) in [6.45, 7) is 0.890. The van der Waals surface area contributed by atoms with Gasteiger partial charge in [-0.2, -0.15) is 4.39 Å². The van der Waals surface area contributed by atoms with Gasteiger partial charge in [0.25, 0.3) is 0 Å². The third-order valence-corrected chi connectivity index (χ3v) is 8.03. The van der Waals surface area contributed by atoms with Crippen molar-refractivity contribution in [1.82, 2.24) is 9.55 Å². The zero-order chi connectivity index (χ0) is 26.0. The molecule has 0 bridgehead atoms. The summed E-state index contributed by atoms with van der Waals surface area (Å²) < 4.78 is 45.6. The number of aliphatic hydroxyl groups excluding tert-OH is 1. The van der Waals surface area contributed by atoms with E-state index in [1.165, 1.54) is 48.9 Å². The second-order valence-corrected chi connectivity index (χ2v) is 10.5. The Hall–Kier alpha value is -3.89. The summed E-state index contributed by atoms with van der Waals surface area (Å²) in [4.78, 5) is 30.4. The Balaban J connectivity index is 1.95. The Bertz CT molecular complexity index is 1600. The topological polar surface area (TPSA) is 116 Å². The maximum absolute atomic E-state index is 14.1. The SMILES string of the molecule is COC(=O)c1c(Cc2ccc(S(=O)(=O)C(C)CO)cc2)c(=O)c2ccc(F)nc2n1-c1ccccc1. The highest BCUT2D eigenvalue weighted by Gasteiger charge is 2.26. The monoisotopic (exact) mass is 510 g/mol. The Morgan fingerprint density at radius 1 is 1.08 bits per heavy atom. The number of methoxy groups -OCH3 is 1. The number of hydrogen-bond acceptors (Lipinski definition) is 7. The normalized spacial score (nSPS) is 12.4. The highest BCUT2D eigenvalue weighted by atomic mass is 32.2. The average Bonchev–Trinajstić information content (AvgIpc) is 2.89. The van der Waals surface area contributed by atoms with Gasteiger partial charge in [0.15, 0.2) is 20.9 Å². The van der Waals surface area contributed by atoms with E-state index in [1.807, 2.05) is 0 Å². The number of benzene rings is 2. The standard InChI is InChI=1S/C26H23FN2O6S/c1-16(15-30)36(33,34)19-10-8-17(9-11-19)14-21-23(26(32)35-2)29(18-6-4-3-5-7-18)25-20(24(21)31)12-13-22(27)28-25/h3-13,16,30H,14-15H2,1-2H3. The first kappa shape index (κ1) is 25.2. The van der Waals surface area contributed by atoms with Crippen molar-refractivity contribution in [2.45, 2.75) is 23.5 Å². The molecule has 0 spiro atoms. The van der Waals surface area contributed by atoms with Gasteiger partial charge in [0.05, 0.1) is 29.2 Å². The van der Waals surface area contributed by atoms with Crippen molar-refractivity contribution in [1.29, 1.82) is 0 Å². The first-order valence-electron chi connectivity index (χ1n) is 11.0. The zero-order valence-electron chi connectivity index (χ0n) is 19.5. The number of halogens is 1. The van der Waals surface area contributed by atoms with E-state index in [1.54, 1.807) is 30.3 Å². The quantitative estimate of drug-likeness (QED) is 0.300. The van der Waals surface area contributed by atoms with Gasteiger partial charge in [0.2, 0.25) is 5.95 Å². The number of fused-ring (bicyclic) bond motifs is 1. The second-order valence-electron chi connectivity index (χ2n) is 8.18. The summed E-state index contributed by atoms with van der Waals surface area (Å²) in [6, 6.07) is 16.9. The lowest BCUT2D eigenvalue weighted by molar-refractivity contribution is 0.0589. The van der Waals surface area contributed by atoms with E-state index in [0.29, 0.717) is 11.3 Å². The van der Waals surface area contributed by atoms with Crippen LogP contribution in [0.25, 0.3) is 16.7 Å². The Kier molecular flexibility index (Phi) is 7.00. The minimum atomic E-state index is -3.72. The number of ether oxygens (including phenoxy) is 1. The number of carbonyl (C=O) groups excluding carboxylic acids is 1. The zero-order valence-corrected chi connectivity index (χ0v) is 20.3. The molecule has 4 rings (SSSR count). The third kappa shape index (κ3) is 4.52. The van der Waals surface area contributed by atoms with E-state index in [-0.39, 0.29) is 33.6 Å². The van der Waals surface area contributed by atoms with Crippen LogP contribution in [-0.4, -0.2) is 48.0 Å². The van der Waals surface area contributed by atoms with Gasteiger partial charge in [-0.1, -0.05) is 30.3 Å². The molecule has 36 heavy (non-hydrogen) atoms. The van der Waals surface area contributed by atoms with E-state index in [2.05, 4.69) is 4.98 Å². The molecule has 0 saturated carbocycles. The molecule has 1 N–H and O–H groups in total. The number of esters is 1. The van der Waals surface area contributed by atoms with Crippen molar-refractivity contribution in [3.63, 3.8) is 0 Å². The van der Waals surface area contributed by atoms with Crippen LogP contribution < -0.4 is 5.43 Å². The lowest BCUT2D eigenvalue weighted by Crippen LogP contribution is -2.25.